The van der Waals surface area contributed by atoms with Gasteiger partial charge in [-0.25, -0.2) is 0 Å². The molecule has 0 rings (SSSR count). The van der Waals surface area contributed by atoms with Crippen LogP contribution in [0.5, 0.6) is 0 Å². The van der Waals surface area contributed by atoms with Gasteiger partial charge in [0.15, 0.2) is 0 Å². The largest absolute Gasteiger partial charge is 0.756 e. The van der Waals surface area contributed by atoms with E-state index in [4.69, 9.17) is 13.8 Å². The average Bonchev–Trinajstić information content (AvgIpc) is 3.36. The number of rotatable bonds is 57. The molecule has 0 saturated carbocycles. The lowest BCUT2D eigenvalue weighted by atomic mass is 10.0. The van der Waals surface area contributed by atoms with Gasteiger partial charge in [-0.15, -0.1) is 0 Å². The van der Waals surface area contributed by atoms with Crippen LogP contribution in [0.3, 0.4) is 0 Å². The molecule has 3 atom stereocenters. The molecule has 9 nitrogen and oxygen atoms in total. The number of hydrogen-bond donors (Lipinski definition) is 1. The Hall–Kier alpha value is -2.03. The number of esters is 1. The van der Waals surface area contributed by atoms with E-state index in [9.17, 15) is 19.0 Å². The predicted octanol–water partition coefficient (Wildman–Crippen LogP) is 18.6. The molecule has 0 saturated heterocycles. The zero-order valence-electron chi connectivity index (χ0n) is 49.6. The van der Waals surface area contributed by atoms with Gasteiger partial charge in [0.05, 0.1) is 33.8 Å². The van der Waals surface area contributed by atoms with Crippen LogP contribution in [-0.4, -0.2) is 69.4 Å². The van der Waals surface area contributed by atoms with Gasteiger partial charge < -0.3 is 28.5 Å². The number of phosphoric acid groups is 1. The van der Waals surface area contributed by atoms with Crippen molar-refractivity contribution in [3.63, 3.8) is 0 Å². The lowest BCUT2D eigenvalue weighted by molar-refractivity contribution is -0.870. The van der Waals surface area contributed by atoms with Gasteiger partial charge in [-0.2, -0.15) is 0 Å². The number of quaternary nitrogens is 1. The van der Waals surface area contributed by atoms with Gasteiger partial charge in [0.1, 0.15) is 19.3 Å². The third-order valence-corrected chi connectivity index (χ3v) is 14.9. The number of hydrogen-bond acceptors (Lipinski definition) is 7. The predicted molar refractivity (Wildman–Crippen MR) is 316 cm³/mol. The van der Waals surface area contributed by atoms with E-state index < -0.39 is 20.0 Å². The third kappa shape index (κ3) is 54.7. The van der Waals surface area contributed by atoms with Crippen molar-refractivity contribution in [1.29, 1.82) is 0 Å². The molecule has 74 heavy (non-hydrogen) atoms. The Bertz CT molecular complexity index is 1410. The molecule has 0 radical (unpaired) electrons. The minimum atomic E-state index is -4.70. The lowest BCUT2D eigenvalue weighted by Crippen LogP contribution is -2.47. The van der Waals surface area contributed by atoms with E-state index in [1.54, 1.807) is 0 Å². The topological polar surface area (TPSA) is 114 Å². The van der Waals surface area contributed by atoms with Gasteiger partial charge in [-0.3, -0.25) is 14.2 Å². The zero-order chi connectivity index (χ0) is 54.3. The van der Waals surface area contributed by atoms with E-state index >= 15 is 0 Å². The van der Waals surface area contributed by atoms with Gasteiger partial charge in [0, 0.05) is 12.8 Å². The van der Waals surface area contributed by atoms with Crippen molar-refractivity contribution in [3.05, 3.63) is 48.6 Å². The summed E-state index contributed by atoms with van der Waals surface area (Å²) < 4.78 is 30.3. The van der Waals surface area contributed by atoms with E-state index in [0.29, 0.717) is 17.4 Å². The molecule has 0 spiro atoms. The maximum absolute atomic E-state index is 13.5. The van der Waals surface area contributed by atoms with Crippen LogP contribution in [0.4, 0.5) is 0 Å². The van der Waals surface area contributed by atoms with Crippen LogP contribution in [0.25, 0.3) is 0 Å². The molecule has 0 bridgehead atoms. The van der Waals surface area contributed by atoms with Crippen LogP contribution >= 0.6 is 7.82 Å². The number of allylic oxidation sites excluding steroid dienone is 7. The Morgan fingerprint density at radius 1 is 0.473 bits per heavy atom. The highest BCUT2D eigenvalue weighted by Crippen LogP contribution is 2.38. The highest BCUT2D eigenvalue weighted by atomic mass is 31.2. The minimum absolute atomic E-state index is 0.0229. The van der Waals surface area contributed by atoms with Crippen LogP contribution in [0.15, 0.2) is 48.6 Å². The first-order chi connectivity index (χ1) is 35.9. The molecule has 0 aliphatic heterocycles. The summed E-state index contributed by atoms with van der Waals surface area (Å²) in [4.78, 5) is 40.0. The van der Waals surface area contributed by atoms with Crippen molar-refractivity contribution in [2.75, 3.05) is 40.9 Å². The quantitative estimate of drug-likeness (QED) is 0.0212. The van der Waals surface area contributed by atoms with E-state index in [-0.39, 0.29) is 31.5 Å². The van der Waals surface area contributed by atoms with E-state index in [2.05, 4.69) is 62.5 Å². The first-order valence-corrected chi connectivity index (χ1v) is 32.9. The normalized spacial score (nSPS) is 14.0. The molecule has 0 aliphatic carbocycles. The van der Waals surface area contributed by atoms with Crippen molar-refractivity contribution >= 4 is 19.7 Å². The fraction of sp³-hybridized carbons (Fsp3) is 0.844. The summed E-state index contributed by atoms with van der Waals surface area (Å²) in [6.45, 7) is 6.82. The highest BCUT2D eigenvalue weighted by molar-refractivity contribution is 7.45. The SMILES string of the molecule is CCCCC/C=C\C/C=C\CCCCCCCCCCCCCC(=O)OC(/C=C\CCCCCCCCCCCC)C(COP(=O)([O-])OCC[N+](C)(C)C)NC(=O)CCCCCCCCC/C=C\CCCCCC. The molecule has 0 heterocycles. The van der Waals surface area contributed by atoms with E-state index in [0.717, 1.165) is 77.0 Å². The maximum atomic E-state index is 13.5. The molecule has 0 aromatic heterocycles. The Balaban J connectivity index is 5.21. The number of amides is 1. The van der Waals surface area contributed by atoms with Crippen LogP contribution in [0.2, 0.25) is 0 Å². The van der Waals surface area contributed by atoms with Gasteiger partial charge in [-0.1, -0.05) is 243 Å². The van der Waals surface area contributed by atoms with Crippen LogP contribution < -0.4 is 10.2 Å². The molecule has 0 aliphatic rings. The van der Waals surface area contributed by atoms with Crippen molar-refractivity contribution in [2.45, 2.75) is 309 Å². The molecule has 0 aromatic carbocycles. The summed E-state index contributed by atoms with van der Waals surface area (Å²) in [6, 6.07) is -0.890. The van der Waals surface area contributed by atoms with Crippen LogP contribution in [0, 0.1) is 0 Å². The Labute approximate surface area is 458 Å². The number of ether oxygens (including phenoxy) is 1. The van der Waals surface area contributed by atoms with Gasteiger partial charge >= 0.3 is 5.97 Å². The second-order valence-corrected chi connectivity index (χ2v) is 24.0. The molecule has 1 N–H and O–H groups in total. The molecule has 0 aromatic rings. The molecule has 10 heteroatoms. The number of phosphoric ester groups is 1. The van der Waals surface area contributed by atoms with Gasteiger partial charge in [0.2, 0.25) is 5.91 Å². The molecule has 434 valence electrons. The molecule has 3 unspecified atom stereocenters. The fourth-order valence-corrected chi connectivity index (χ4v) is 9.80. The van der Waals surface area contributed by atoms with Crippen LogP contribution in [0.1, 0.15) is 297 Å². The average molecular weight is 1060 g/mol. The Morgan fingerprint density at radius 2 is 0.824 bits per heavy atom. The summed E-state index contributed by atoms with van der Waals surface area (Å²) in [5.74, 6) is -0.540. The number of carbonyl (C=O) groups excluding carboxylic acids is 2. The highest BCUT2D eigenvalue weighted by Gasteiger charge is 2.27. The minimum Gasteiger partial charge on any atom is -0.756 e. The first kappa shape index (κ1) is 72.0. The monoisotopic (exact) mass is 1060 g/mol. The van der Waals surface area contributed by atoms with Crippen molar-refractivity contribution in [1.82, 2.24) is 5.32 Å². The summed E-state index contributed by atoms with van der Waals surface area (Å²) in [5.41, 5.74) is 0. The Morgan fingerprint density at radius 3 is 1.27 bits per heavy atom. The number of nitrogens with zero attached hydrogens (tertiary/aromatic N) is 1. The summed E-state index contributed by atoms with van der Waals surface area (Å²) in [6.07, 6.45) is 66.4. The lowest BCUT2D eigenvalue weighted by Gasteiger charge is -2.30. The van der Waals surface area contributed by atoms with Gasteiger partial charge in [-0.05, 0) is 89.5 Å². The van der Waals surface area contributed by atoms with E-state index in [1.807, 2.05) is 33.3 Å². The maximum Gasteiger partial charge on any atom is 0.306 e. The van der Waals surface area contributed by atoms with Crippen molar-refractivity contribution < 1.29 is 37.3 Å². The molecule has 1 amide bonds. The summed E-state index contributed by atoms with van der Waals surface area (Å²) in [7, 11) is 1.19. The second-order valence-electron chi connectivity index (χ2n) is 22.6. The molecular weight excluding hydrogens is 940 g/mol. The first-order valence-electron chi connectivity index (χ1n) is 31.4. The van der Waals surface area contributed by atoms with Gasteiger partial charge in [0.25, 0.3) is 7.82 Å². The number of carbonyl (C=O) groups is 2. The molecule has 0 fully saturated rings. The van der Waals surface area contributed by atoms with E-state index in [1.165, 1.54) is 186 Å². The van der Waals surface area contributed by atoms with Crippen LogP contribution in [-0.2, 0) is 27.9 Å². The number of likely N-dealkylation sites (N-methyl/N-ethyl adjacent to an activating group) is 1. The fourth-order valence-electron chi connectivity index (χ4n) is 9.08. The Kier molecular flexibility index (Phi) is 52.8. The van der Waals surface area contributed by atoms with Crippen molar-refractivity contribution in [2.24, 2.45) is 0 Å². The summed E-state index contributed by atoms with van der Waals surface area (Å²) >= 11 is 0. The smallest absolute Gasteiger partial charge is 0.306 e. The number of unbranched alkanes of at least 4 members (excludes halogenated alkanes) is 35. The number of nitrogens with one attached hydrogen (secondary N) is 1. The second kappa shape index (κ2) is 54.3. The standard InChI is InChI=1S/C64H121N2O7P/c1-7-10-13-16-19-22-25-28-30-31-32-33-34-35-37-39-42-45-48-51-54-57-64(68)73-62(55-52-49-46-43-40-27-24-21-18-15-12-9-3)61(60-72-74(69,70)71-59-58-66(4,5)6)65-63(67)56-53-50-47-44-41-38-36-29-26-23-20-17-14-11-8-2/h19,22-23,26,28,30,52,55,61-62H,7-18,20-21,24-25,27,29,31-51,53-54,56-60H2,1-6H3,(H-,65,67,69,70)/b22-19-,26-23-,30-28-,55-52-. The zero-order valence-corrected chi connectivity index (χ0v) is 50.4. The van der Waals surface area contributed by atoms with Crippen molar-refractivity contribution in [3.8, 4) is 0 Å². The summed E-state index contributed by atoms with van der Waals surface area (Å²) in [5, 5.41) is 3.03. The molecular formula is C64H121N2O7P. The third-order valence-electron chi connectivity index (χ3n) is 14.0.